The van der Waals surface area contributed by atoms with E-state index in [0.29, 0.717) is 10.7 Å². The zero-order chi connectivity index (χ0) is 15.5. The molecule has 0 radical (unpaired) electrons. The maximum absolute atomic E-state index is 12.0. The highest BCUT2D eigenvalue weighted by Gasteiger charge is 2.13. The van der Waals surface area contributed by atoms with Crippen molar-refractivity contribution in [3.63, 3.8) is 0 Å². The summed E-state index contributed by atoms with van der Waals surface area (Å²) in [6.07, 6.45) is 0. The Hall–Kier alpha value is -1.70. The number of rotatable bonds is 5. The molecule has 0 saturated heterocycles. The summed E-state index contributed by atoms with van der Waals surface area (Å²) >= 11 is 5.77. The lowest BCUT2D eigenvalue weighted by Crippen LogP contribution is -2.32. The van der Waals surface area contributed by atoms with E-state index in [1.807, 2.05) is 0 Å². The third-order valence-electron chi connectivity index (χ3n) is 2.72. The fourth-order valence-electron chi connectivity index (χ4n) is 1.71. The van der Waals surface area contributed by atoms with Crippen molar-refractivity contribution in [2.24, 2.45) is 0 Å². The average Bonchev–Trinajstić information content (AvgIpc) is 2.42. The number of aromatic nitrogens is 2. The standard InChI is InChI=1S/C13H14ClN3O3S/c1-10-5-6-13(18)17(16-10)8-7-15-21(19,20)12-4-2-3-11(14)9-12/h2-6,9,15H,7-8H2,1H3. The molecular weight excluding hydrogens is 314 g/mol. The van der Waals surface area contributed by atoms with Gasteiger partial charge in [-0.25, -0.2) is 17.8 Å². The van der Waals surface area contributed by atoms with E-state index in [0.717, 1.165) is 0 Å². The van der Waals surface area contributed by atoms with Gasteiger partial charge in [-0.3, -0.25) is 4.79 Å². The van der Waals surface area contributed by atoms with E-state index in [2.05, 4.69) is 9.82 Å². The van der Waals surface area contributed by atoms with Gasteiger partial charge >= 0.3 is 0 Å². The van der Waals surface area contributed by atoms with Gasteiger partial charge in [-0.1, -0.05) is 17.7 Å². The van der Waals surface area contributed by atoms with Crippen LogP contribution in [0, 0.1) is 6.92 Å². The van der Waals surface area contributed by atoms with Crippen LogP contribution < -0.4 is 10.3 Å². The van der Waals surface area contributed by atoms with Gasteiger partial charge in [-0.05, 0) is 31.2 Å². The molecule has 0 atom stereocenters. The zero-order valence-corrected chi connectivity index (χ0v) is 12.9. The van der Waals surface area contributed by atoms with Crippen molar-refractivity contribution in [1.82, 2.24) is 14.5 Å². The third kappa shape index (κ3) is 4.13. The first kappa shape index (κ1) is 15.7. The van der Waals surface area contributed by atoms with Gasteiger partial charge in [-0.15, -0.1) is 0 Å². The molecule has 0 amide bonds. The zero-order valence-electron chi connectivity index (χ0n) is 11.3. The van der Waals surface area contributed by atoms with E-state index in [1.54, 1.807) is 25.1 Å². The minimum atomic E-state index is -3.65. The van der Waals surface area contributed by atoms with Crippen molar-refractivity contribution in [1.29, 1.82) is 0 Å². The highest BCUT2D eigenvalue weighted by atomic mass is 35.5. The number of nitrogens with zero attached hydrogens (tertiary/aromatic N) is 2. The molecule has 112 valence electrons. The molecule has 1 heterocycles. The van der Waals surface area contributed by atoms with Crippen LogP contribution in [0.1, 0.15) is 5.69 Å². The molecule has 1 aromatic carbocycles. The van der Waals surface area contributed by atoms with Crippen molar-refractivity contribution in [3.8, 4) is 0 Å². The largest absolute Gasteiger partial charge is 0.268 e. The number of hydrogen-bond donors (Lipinski definition) is 1. The van der Waals surface area contributed by atoms with Crippen LogP contribution in [0.25, 0.3) is 0 Å². The first-order valence-electron chi connectivity index (χ1n) is 6.18. The molecule has 0 aliphatic carbocycles. The smallest absolute Gasteiger partial charge is 0.266 e. The van der Waals surface area contributed by atoms with E-state index in [4.69, 9.17) is 11.6 Å². The molecular formula is C13H14ClN3O3S. The molecule has 1 N–H and O–H groups in total. The number of sulfonamides is 1. The van der Waals surface area contributed by atoms with Gasteiger partial charge in [-0.2, -0.15) is 5.10 Å². The molecule has 6 nitrogen and oxygen atoms in total. The van der Waals surface area contributed by atoms with Gasteiger partial charge in [0.1, 0.15) is 0 Å². The average molecular weight is 328 g/mol. The number of hydrogen-bond acceptors (Lipinski definition) is 4. The summed E-state index contributed by atoms with van der Waals surface area (Å²) in [5, 5.41) is 4.37. The molecule has 8 heteroatoms. The Kier molecular flexibility index (Phi) is 4.76. The van der Waals surface area contributed by atoms with Crippen LogP contribution in [0.2, 0.25) is 5.02 Å². The van der Waals surface area contributed by atoms with Crippen LogP contribution in [0.3, 0.4) is 0 Å². The Morgan fingerprint density at radius 1 is 1.29 bits per heavy atom. The lowest BCUT2D eigenvalue weighted by atomic mass is 10.4. The summed E-state index contributed by atoms with van der Waals surface area (Å²) in [4.78, 5) is 11.6. The van der Waals surface area contributed by atoms with Crippen LogP contribution in [0.15, 0.2) is 46.1 Å². The number of benzene rings is 1. The molecule has 2 aromatic rings. The molecule has 1 aromatic heterocycles. The summed E-state index contributed by atoms with van der Waals surface area (Å²) in [6.45, 7) is 1.97. The molecule has 0 spiro atoms. The first-order chi connectivity index (χ1) is 9.88. The van der Waals surface area contributed by atoms with Crippen molar-refractivity contribution in [2.75, 3.05) is 6.54 Å². The van der Waals surface area contributed by atoms with Crippen LogP contribution in [0.4, 0.5) is 0 Å². The molecule has 2 rings (SSSR count). The summed E-state index contributed by atoms with van der Waals surface area (Å²) in [5.74, 6) is 0. The van der Waals surface area contributed by atoms with Crippen molar-refractivity contribution < 1.29 is 8.42 Å². The molecule has 0 bridgehead atoms. The Balaban J connectivity index is 2.06. The van der Waals surface area contributed by atoms with Crippen LogP contribution >= 0.6 is 11.6 Å². The fraction of sp³-hybridized carbons (Fsp3) is 0.231. The van der Waals surface area contributed by atoms with Crippen LogP contribution in [-0.2, 0) is 16.6 Å². The van der Waals surface area contributed by atoms with Gasteiger partial charge < -0.3 is 0 Å². The predicted octanol–water partition coefficient (Wildman–Crippen LogP) is 1.18. The maximum atomic E-state index is 12.0. The van der Waals surface area contributed by atoms with Crippen LogP contribution in [-0.4, -0.2) is 24.7 Å². The van der Waals surface area contributed by atoms with Crippen molar-refractivity contribution in [2.45, 2.75) is 18.4 Å². The van der Waals surface area contributed by atoms with E-state index >= 15 is 0 Å². The number of halogens is 1. The first-order valence-corrected chi connectivity index (χ1v) is 8.04. The SMILES string of the molecule is Cc1ccc(=O)n(CCNS(=O)(=O)c2cccc(Cl)c2)n1. The Morgan fingerprint density at radius 3 is 2.76 bits per heavy atom. The highest BCUT2D eigenvalue weighted by molar-refractivity contribution is 7.89. The molecule has 0 aliphatic heterocycles. The third-order valence-corrected chi connectivity index (χ3v) is 4.42. The van der Waals surface area contributed by atoms with Gasteiger partial charge in [0.15, 0.2) is 0 Å². The Bertz CT molecular complexity index is 802. The topological polar surface area (TPSA) is 81.1 Å². The maximum Gasteiger partial charge on any atom is 0.266 e. The quantitative estimate of drug-likeness (QED) is 0.894. The van der Waals surface area contributed by atoms with Gasteiger partial charge in [0, 0.05) is 17.6 Å². The molecule has 21 heavy (non-hydrogen) atoms. The second kappa shape index (κ2) is 6.38. The second-order valence-electron chi connectivity index (χ2n) is 4.39. The van der Waals surface area contributed by atoms with Gasteiger partial charge in [0.25, 0.3) is 5.56 Å². The Morgan fingerprint density at radius 2 is 2.05 bits per heavy atom. The van der Waals surface area contributed by atoms with Crippen molar-refractivity contribution >= 4 is 21.6 Å². The highest BCUT2D eigenvalue weighted by Crippen LogP contribution is 2.14. The monoisotopic (exact) mass is 327 g/mol. The van der Waals surface area contributed by atoms with Gasteiger partial charge in [0.05, 0.1) is 17.1 Å². The van der Waals surface area contributed by atoms with E-state index < -0.39 is 10.0 Å². The predicted molar refractivity (Wildman–Crippen MR) is 79.9 cm³/mol. The van der Waals surface area contributed by atoms with Crippen LogP contribution in [0.5, 0.6) is 0 Å². The lowest BCUT2D eigenvalue weighted by molar-refractivity contribution is 0.544. The number of aryl methyl sites for hydroxylation is 1. The molecule has 0 unspecified atom stereocenters. The minimum absolute atomic E-state index is 0.0607. The summed E-state index contributed by atoms with van der Waals surface area (Å²) in [6, 6.07) is 8.97. The summed E-state index contributed by atoms with van der Waals surface area (Å²) < 4.78 is 27.7. The lowest BCUT2D eigenvalue weighted by Gasteiger charge is -2.08. The minimum Gasteiger partial charge on any atom is -0.268 e. The van der Waals surface area contributed by atoms with Gasteiger partial charge in [0.2, 0.25) is 10.0 Å². The molecule has 0 saturated carbocycles. The van der Waals surface area contributed by atoms with Crippen molar-refractivity contribution in [3.05, 3.63) is 57.5 Å². The summed E-state index contributed by atoms with van der Waals surface area (Å²) in [7, 11) is -3.65. The Labute approximate surface area is 127 Å². The summed E-state index contributed by atoms with van der Waals surface area (Å²) in [5.41, 5.74) is 0.412. The number of nitrogens with one attached hydrogen (secondary N) is 1. The normalized spacial score (nSPS) is 11.5. The van der Waals surface area contributed by atoms with E-state index in [-0.39, 0.29) is 23.5 Å². The second-order valence-corrected chi connectivity index (χ2v) is 6.59. The van der Waals surface area contributed by atoms with E-state index in [1.165, 1.54) is 22.9 Å². The molecule has 0 aliphatic rings. The van der Waals surface area contributed by atoms with E-state index in [9.17, 15) is 13.2 Å². The fourth-order valence-corrected chi connectivity index (χ4v) is 3.04. The molecule has 0 fully saturated rings.